The number of ether oxygens (including phenoxy) is 1. The smallest absolute Gasteiger partial charge is 0.370 e. The molecule has 0 aromatic rings. The molecule has 0 aromatic heterocycles. The molecule has 4 nitrogen and oxygen atoms in total. The van der Waals surface area contributed by atoms with E-state index in [9.17, 15) is 18.0 Å². The van der Waals surface area contributed by atoms with E-state index in [0.29, 0.717) is 0 Å². The number of rotatable bonds is 7. The second-order valence-corrected chi connectivity index (χ2v) is 5.02. The van der Waals surface area contributed by atoms with E-state index < -0.39 is 24.2 Å². The van der Waals surface area contributed by atoms with Gasteiger partial charge in [-0.15, -0.1) is 0 Å². The van der Waals surface area contributed by atoms with E-state index in [2.05, 4.69) is 10.1 Å². The van der Waals surface area contributed by atoms with Crippen molar-refractivity contribution in [3.63, 3.8) is 0 Å². The first kappa shape index (κ1) is 15.2. The molecule has 1 rings (SSSR count). The van der Waals surface area contributed by atoms with Crippen LogP contribution in [-0.2, 0) is 9.53 Å². The van der Waals surface area contributed by atoms with Gasteiger partial charge < -0.3 is 10.5 Å². The van der Waals surface area contributed by atoms with Crippen LogP contribution in [0.3, 0.4) is 0 Å². The van der Waals surface area contributed by atoms with Gasteiger partial charge in [-0.25, -0.2) is 0 Å². The molecule has 0 radical (unpaired) electrons. The lowest BCUT2D eigenvalue weighted by atomic mass is 9.92. The van der Waals surface area contributed by atoms with Crippen LogP contribution < -0.4 is 11.1 Å². The second kappa shape index (κ2) is 5.44. The minimum absolute atomic E-state index is 0.0365. The molecule has 3 N–H and O–H groups in total. The molecule has 0 aromatic carbocycles. The van der Waals surface area contributed by atoms with Crippen molar-refractivity contribution in [1.29, 1.82) is 0 Å². The summed E-state index contributed by atoms with van der Waals surface area (Å²) in [5, 5.41) is 2.97. The molecule has 0 heterocycles. The number of carbonyl (C=O) groups excluding carboxylic acids is 1. The highest BCUT2D eigenvalue weighted by Gasteiger charge is 2.50. The fraction of sp³-hybridized carbons (Fsp3) is 0.909. The molecule has 1 aliphatic carbocycles. The van der Waals surface area contributed by atoms with Gasteiger partial charge in [-0.3, -0.25) is 10.1 Å². The lowest BCUT2D eigenvalue weighted by Gasteiger charge is -2.33. The number of carbonyl (C=O) groups is 1. The van der Waals surface area contributed by atoms with Crippen LogP contribution in [0.15, 0.2) is 0 Å². The third-order valence-corrected chi connectivity index (χ3v) is 2.86. The van der Waals surface area contributed by atoms with E-state index >= 15 is 0 Å². The molecule has 7 heteroatoms. The van der Waals surface area contributed by atoms with E-state index in [1.54, 1.807) is 0 Å². The van der Waals surface area contributed by atoms with Crippen LogP contribution in [-0.4, -0.2) is 36.9 Å². The average molecular weight is 268 g/mol. The quantitative estimate of drug-likeness (QED) is 0.729. The zero-order valence-corrected chi connectivity index (χ0v) is 10.5. The molecule has 1 fully saturated rings. The molecule has 0 bridgehead atoms. The van der Waals surface area contributed by atoms with E-state index in [-0.39, 0.29) is 18.6 Å². The fourth-order valence-corrected chi connectivity index (χ4v) is 2.04. The molecule has 106 valence electrons. The zero-order chi connectivity index (χ0) is 14.0. The Labute approximate surface area is 104 Å². The Morgan fingerprint density at radius 1 is 1.39 bits per heavy atom. The van der Waals surface area contributed by atoms with E-state index in [0.717, 1.165) is 12.8 Å². The monoisotopic (exact) mass is 268 g/mol. The summed E-state index contributed by atoms with van der Waals surface area (Å²) in [7, 11) is 0. The van der Waals surface area contributed by atoms with Gasteiger partial charge >= 0.3 is 6.18 Å². The van der Waals surface area contributed by atoms with Crippen LogP contribution in [0.2, 0.25) is 0 Å². The van der Waals surface area contributed by atoms with Gasteiger partial charge in [-0.2, -0.15) is 13.2 Å². The maximum atomic E-state index is 12.0. The van der Waals surface area contributed by atoms with Crippen LogP contribution in [0.5, 0.6) is 0 Å². The van der Waals surface area contributed by atoms with E-state index in [4.69, 9.17) is 5.73 Å². The molecular formula is C11H19F3N2O2. The molecule has 1 aliphatic rings. The summed E-state index contributed by atoms with van der Waals surface area (Å²) in [5.41, 5.74) is 4.17. The summed E-state index contributed by atoms with van der Waals surface area (Å²) in [6, 6.07) is -0.0624. The van der Waals surface area contributed by atoms with Gasteiger partial charge in [-0.1, -0.05) is 0 Å². The Morgan fingerprint density at radius 3 is 2.28 bits per heavy atom. The molecule has 0 saturated heterocycles. The number of hydrogen-bond acceptors (Lipinski definition) is 3. The van der Waals surface area contributed by atoms with Gasteiger partial charge in [-0.05, 0) is 32.6 Å². The minimum Gasteiger partial charge on any atom is -0.370 e. The van der Waals surface area contributed by atoms with Crippen molar-refractivity contribution < 1.29 is 22.7 Å². The highest BCUT2D eigenvalue weighted by molar-refractivity contribution is 5.85. The van der Waals surface area contributed by atoms with Gasteiger partial charge in [0.1, 0.15) is 12.1 Å². The first-order chi connectivity index (χ1) is 8.17. The Kier molecular flexibility index (Phi) is 4.61. The highest BCUT2D eigenvalue weighted by Crippen LogP contribution is 2.40. The SMILES string of the molecule is CC(C)NC(COCC(F)(F)F)(C(N)=O)C1CC1. The highest BCUT2D eigenvalue weighted by atomic mass is 19.4. The summed E-state index contributed by atoms with van der Waals surface area (Å²) in [6.45, 7) is 1.91. The van der Waals surface area contributed by atoms with Crippen molar-refractivity contribution in [2.45, 2.75) is 44.4 Å². The molecule has 0 aliphatic heterocycles. The molecule has 1 atom stereocenters. The number of hydrogen-bond donors (Lipinski definition) is 2. The lowest BCUT2D eigenvalue weighted by molar-refractivity contribution is -0.180. The van der Waals surface area contributed by atoms with Gasteiger partial charge in [0.15, 0.2) is 0 Å². The Balaban J connectivity index is 2.67. The first-order valence-corrected chi connectivity index (χ1v) is 5.89. The third kappa shape index (κ3) is 4.13. The number of nitrogens with one attached hydrogen (secondary N) is 1. The van der Waals surface area contributed by atoms with Crippen LogP contribution in [0.1, 0.15) is 26.7 Å². The number of amides is 1. The van der Waals surface area contributed by atoms with Crippen LogP contribution >= 0.6 is 0 Å². The van der Waals surface area contributed by atoms with Crippen LogP contribution in [0.4, 0.5) is 13.2 Å². The topological polar surface area (TPSA) is 64.3 Å². The summed E-state index contributed by atoms with van der Waals surface area (Å²) < 4.78 is 40.8. The van der Waals surface area contributed by atoms with Crippen molar-refractivity contribution in [1.82, 2.24) is 5.32 Å². The normalized spacial score (nSPS) is 19.9. The maximum Gasteiger partial charge on any atom is 0.411 e. The Bertz CT molecular complexity index is 303. The van der Waals surface area contributed by atoms with Crippen LogP contribution in [0.25, 0.3) is 0 Å². The largest absolute Gasteiger partial charge is 0.411 e. The van der Waals surface area contributed by atoms with Gasteiger partial charge in [0, 0.05) is 6.04 Å². The van der Waals surface area contributed by atoms with Gasteiger partial charge in [0.2, 0.25) is 5.91 Å². The minimum atomic E-state index is -4.40. The molecule has 1 unspecified atom stereocenters. The number of primary amides is 1. The first-order valence-electron chi connectivity index (χ1n) is 5.89. The number of halogens is 3. The summed E-state index contributed by atoms with van der Waals surface area (Å²) in [4.78, 5) is 11.6. The van der Waals surface area contributed by atoms with E-state index in [1.807, 2.05) is 13.8 Å². The Hall–Kier alpha value is -0.820. The second-order valence-electron chi connectivity index (χ2n) is 5.02. The summed E-state index contributed by atoms with van der Waals surface area (Å²) in [5.74, 6) is -0.688. The van der Waals surface area contributed by atoms with Crippen molar-refractivity contribution in [2.24, 2.45) is 11.7 Å². The van der Waals surface area contributed by atoms with Crippen molar-refractivity contribution in [2.75, 3.05) is 13.2 Å². The average Bonchev–Trinajstić information content (AvgIpc) is 2.95. The lowest BCUT2D eigenvalue weighted by Crippen LogP contribution is -2.62. The van der Waals surface area contributed by atoms with E-state index in [1.165, 1.54) is 0 Å². The Morgan fingerprint density at radius 2 is 1.94 bits per heavy atom. The van der Waals surface area contributed by atoms with Crippen LogP contribution in [0, 0.1) is 5.92 Å². The molecule has 0 spiro atoms. The fourth-order valence-electron chi connectivity index (χ4n) is 2.04. The predicted octanol–water partition coefficient (Wildman–Crippen LogP) is 1.20. The molecular weight excluding hydrogens is 249 g/mol. The maximum absolute atomic E-state index is 12.0. The summed E-state index contributed by atoms with van der Waals surface area (Å²) >= 11 is 0. The number of alkyl halides is 3. The number of nitrogens with two attached hydrogens (primary N) is 1. The van der Waals surface area contributed by atoms with Gasteiger partial charge in [0.05, 0.1) is 6.61 Å². The summed E-state index contributed by atoms with van der Waals surface area (Å²) in [6.07, 6.45) is -2.85. The zero-order valence-electron chi connectivity index (χ0n) is 10.5. The van der Waals surface area contributed by atoms with Crippen molar-refractivity contribution in [3.8, 4) is 0 Å². The van der Waals surface area contributed by atoms with Gasteiger partial charge in [0.25, 0.3) is 0 Å². The molecule has 1 saturated carbocycles. The third-order valence-electron chi connectivity index (χ3n) is 2.86. The van der Waals surface area contributed by atoms with Crippen molar-refractivity contribution in [3.05, 3.63) is 0 Å². The van der Waals surface area contributed by atoms with Crippen molar-refractivity contribution >= 4 is 5.91 Å². The standard InChI is InChI=1S/C11H19F3N2O2/c1-7(2)16-10(9(15)17,8-3-4-8)5-18-6-11(12,13)14/h7-8,16H,3-6H2,1-2H3,(H2,15,17). The molecule has 18 heavy (non-hydrogen) atoms. The molecule has 1 amide bonds. The predicted molar refractivity (Wildman–Crippen MR) is 59.8 cm³/mol.